The van der Waals surface area contributed by atoms with E-state index in [0.29, 0.717) is 25.5 Å². The normalized spacial score (nSPS) is 11.6. The minimum Gasteiger partial charge on any atom is -0.500 e. The fourth-order valence-electron chi connectivity index (χ4n) is 4.19. The van der Waals surface area contributed by atoms with E-state index in [1.165, 1.54) is 36.8 Å². The van der Waals surface area contributed by atoms with Gasteiger partial charge in [0.15, 0.2) is 5.75 Å². The summed E-state index contributed by atoms with van der Waals surface area (Å²) in [6.07, 6.45) is 15.1. The third-order valence-corrected chi connectivity index (χ3v) is 6.42. The summed E-state index contributed by atoms with van der Waals surface area (Å²) in [7, 11) is 0. The van der Waals surface area contributed by atoms with Crippen molar-refractivity contribution in [3.63, 3.8) is 0 Å². The van der Waals surface area contributed by atoms with Crippen LogP contribution in [0.1, 0.15) is 98.8 Å². The van der Waals surface area contributed by atoms with E-state index in [-0.39, 0.29) is 11.5 Å². The number of benzene rings is 1. The molecular formula is C31H47NO4. The summed E-state index contributed by atoms with van der Waals surface area (Å²) in [6.45, 7) is 12.2. The Bertz CT molecular complexity index is 1060. The minimum absolute atomic E-state index is 0.282. The van der Waals surface area contributed by atoms with Gasteiger partial charge in [-0.25, -0.2) is 0 Å². The number of fused-ring (bicyclic) bond motifs is 1. The zero-order valence-corrected chi connectivity index (χ0v) is 23.2. The third-order valence-electron chi connectivity index (χ3n) is 6.42. The lowest BCUT2D eigenvalue weighted by Crippen LogP contribution is -2.21. The van der Waals surface area contributed by atoms with E-state index in [1.807, 2.05) is 18.2 Å². The maximum atomic E-state index is 13.1. The molecule has 5 nitrogen and oxygen atoms in total. The molecule has 0 aliphatic rings. The first-order valence-electron chi connectivity index (χ1n) is 13.8. The van der Waals surface area contributed by atoms with Crippen molar-refractivity contribution < 1.29 is 14.6 Å². The number of aromatic hydroxyl groups is 1. The van der Waals surface area contributed by atoms with E-state index in [2.05, 4.69) is 46.8 Å². The molecule has 5 heteroatoms. The molecule has 0 radical (unpaired) electrons. The lowest BCUT2D eigenvalue weighted by atomic mass is 10.1. The Hall–Kier alpha value is -2.69. The number of ether oxygens (including phenoxy) is 2. The van der Waals surface area contributed by atoms with E-state index in [9.17, 15) is 9.90 Å². The van der Waals surface area contributed by atoms with Gasteiger partial charge in [0.2, 0.25) is 5.75 Å². The molecule has 1 aromatic heterocycles. The highest BCUT2D eigenvalue weighted by molar-refractivity contribution is 5.88. The van der Waals surface area contributed by atoms with Crippen molar-refractivity contribution in [2.75, 3.05) is 13.2 Å². The number of unbranched alkanes of at least 4 members (excludes halogenated alkanes) is 6. The van der Waals surface area contributed by atoms with Crippen LogP contribution in [0.15, 0.2) is 46.3 Å². The van der Waals surface area contributed by atoms with Crippen LogP contribution in [-0.2, 0) is 6.54 Å². The van der Waals surface area contributed by atoms with E-state index < -0.39 is 5.56 Å². The van der Waals surface area contributed by atoms with Crippen molar-refractivity contribution in [2.24, 2.45) is 0 Å². The topological polar surface area (TPSA) is 60.7 Å². The Kier molecular flexibility index (Phi) is 13.2. The summed E-state index contributed by atoms with van der Waals surface area (Å²) in [6, 6.07) is 5.70. The van der Waals surface area contributed by atoms with Crippen molar-refractivity contribution in [1.82, 2.24) is 4.57 Å². The van der Waals surface area contributed by atoms with Crippen LogP contribution in [0.25, 0.3) is 10.9 Å². The van der Waals surface area contributed by atoms with Crippen molar-refractivity contribution in [3.8, 4) is 17.2 Å². The molecule has 0 saturated carbocycles. The van der Waals surface area contributed by atoms with Gasteiger partial charge in [-0.1, -0.05) is 69.6 Å². The quantitative estimate of drug-likeness (QED) is 0.176. The molecule has 1 heterocycles. The Labute approximate surface area is 217 Å². The zero-order chi connectivity index (χ0) is 26.3. The zero-order valence-electron chi connectivity index (χ0n) is 23.2. The highest BCUT2D eigenvalue weighted by Gasteiger charge is 2.18. The number of aryl methyl sites for hydroxylation is 1. The lowest BCUT2D eigenvalue weighted by Gasteiger charge is -2.17. The molecule has 1 N–H and O–H groups in total. The molecule has 0 atom stereocenters. The first-order valence-corrected chi connectivity index (χ1v) is 13.8. The Balaban J connectivity index is 2.26. The molecule has 0 aliphatic heterocycles. The van der Waals surface area contributed by atoms with Gasteiger partial charge in [0.1, 0.15) is 12.4 Å². The van der Waals surface area contributed by atoms with Crippen LogP contribution in [0.2, 0.25) is 0 Å². The van der Waals surface area contributed by atoms with Crippen molar-refractivity contribution in [3.05, 3.63) is 51.9 Å². The predicted octanol–water partition coefficient (Wildman–Crippen LogP) is 8.32. The van der Waals surface area contributed by atoms with E-state index in [0.717, 1.165) is 49.4 Å². The monoisotopic (exact) mass is 497 g/mol. The SMILES string of the molecule is CCCCCCCCn1c(=O)c(O)c(OCCCC)c2ccc(OC/C=C(\C)CCC=C(C)C)cc21. The summed E-state index contributed by atoms with van der Waals surface area (Å²) < 4.78 is 13.6. The van der Waals surface area contributed by atoms with Crippen LogP contribution in [0, 0.1) is 0 Å². The predicted molar refractivity (Wildman–Crippen MR) is 152 cm³/mol. The number of rotatable bonds is 17. The number of hydrogen-bond acceptors (Lipinski definition) is 4. The summed E-state index contributed by atoms with van der Waals surface area (Å²) in [5.74, 6) is 0.689. The molecular weight excluding hydrogens is 450 g/mol. The van der Waals surface area contributed by atoms with Crippen LogP contribution in [0.4, 0.5) is 0 Å². The summed E-state index contributed by atoms with van der Waals surface area (Å²) in [5, 5.41) is 11.5. The second-order valence-electron chi connectivity index (χ2n) is 9.96. The minimum atomic E-state index is -0.394. The highest BCUT2D eigenvalue weighted by Crippen LogP contribution is 2.34. The van der Waals surface area contributed by atoms with Gasteiger partial charge in [0, 0.05) is 18.0 Å². The molecule has 0 amide bonds. The molecule has 2 aromatic rings. The Morgan fingerprint density at radius 3 is 2.39 bits per heavy atom. The molecule has 0 aliphatic carbocycles. The molecule has 0 spiro atoms. The number of nitrogens with zero attached hydrogens (tertiary/aromatic N) is 1. The molecule has 200 valence electrons. The fraction of sp³-hybridized carbons (Fsp3) is 0.581. The largest absolute Gasteiger partial charge is 0.500 e. The summed E-state index contributed by atoms with van der Waals surface area (Å²) in [4.78, 5) is 13.1. The fourth-order valence-corrected chi connectivity index (χ4v) is 4.19. The Morgan fingerprint density at radius 1 is 0.944 bits per heavy atom. The second kappa shape index (κ2) is 16.1. The van der Waals surface area contributed by atoms with Gasteiger partial charge < -0.3 is 19.1 Å². The highest BCUT2D eigenvalue weighted by atomic mass is 16.5. The van der Waals surface area contributed by atoms with Crippen LogP contribution >= 0.6 is 0 Å². The maximum Gasteiger partial charge on any atom is 0.297 e. The standard InChI is InChI=1S/C31H47NO4/c1-6-8-10-11-12-13-20-32-28-23-26(35-22-19-25(5)16-14-15-24(3)4)17-18-27(28)30(29(33)31(32)34)36-21-9-7-2/h15,17-19,23,33H,6-14,16,20-22H2,1-5H3/b25-19+. The van der Waals surface area contributed by atoms with Crippen LogP contribution in [0.3, 0.4) is 0 Å². The van der Waals surface area contributed by atoms with Gasteiger partial charge in [-0.05, 0) is 64.7 Å². The molecule has 2 rings (SSSR count). The number of aromatic nitrogens is 1. The average molecular weight is 498 g/mol. The molecule has 36 heavy (non-hydrogen) atoms. The van der Waals surface area contributed by atoms with E-state index in [4.69, 9.17) is 9.47 Å². The second-order valence-corrected chi connectivity index (χ2v) is 9.96. The van der Waals surface area contributed by atoms with Crippen molar-refractivity contribution in [2.45, 2.75) is 105 Å². The van der Waals surface area contributed by atoms with Crippen molar-refractivity contribution in [1.29, 1.82) is 0 Å². The van der Waals surface area contributed by atoms with Gasteiger partial charge in [0.05, 0.1) is 12.1 Å². The van der Waals surface area contributed by atoms with Crippen LogP contribution in [-0.4, -0.2) is 22.9 Å². The van der Waals surface area contributed by atoms with Crippen LogP contribution < -0.4 is 15.0 Å². The number of pyridine rings is 1. The van der Waals surface area contributed by atoms with Crippen molar-refractivity contribution >= 4 is 10.9 Å². The average Bonchev–Trinajstić information content (AvgIpc) is 2.85. The van der Waals surface area contributed by atoms with Gasteiger partial charge >= 0.3 is 0 Å². The van der Waals surface area contributed by atoms with E-state index >= 15 is 0 Å². The van der Waals surface area contributed by atoms with Crippen LogP contribution in [0.5, 0.6) is 17.2 Å². The summed E-state index contributed by atoms with van der Waals surface area (Å²) in [5.41, 5.74) is 2.99. The van der Waals surface area contributed by atoms with Gasteiger partial charge in [-0.15, -0.1) is 0 Å². The van der Waals surface area contributed by atoms with Gasteiger partial charge in [-0.2, -0.15) is 0 Å². The summed E-state index contributed by atoms with van der Waals surface area (Å²) >= 11 is 0. The first-order chi connectivity index (χ1) is 17.4. The van der Waals surface area contributed by atoms with Gasteiger partial charge in [0.25, 0.3) is 5.56 Å². The molecule has 0 saturated heterocycles. The molecule has 0 fully saturated rings. The molecule has 1 aromatic carbocycles. The third kappa shape index (κ3) is 9.40. The maximum absolute atomic E-state index is 13.1. The molecule has 0 unspecified atom stereocenters. The van der Waals surface area contributed by atoms with E-state index in [1.54, 1.807) is 4.57 Å². The first kappa shape index (κ1) is 29.5. The lowest BCUT2D eigenvalue weighted by molar-refractivity contribution is 0.293. The number of allylic oxidation sites excluding steroid dienone is 3. The Morgan fingerprint density at radius 2 is 1.67 bits per heavy atom. The molecule has 0 bridgehead atoms. The smallest absolute Gasteiger partial charge is 0.297 e. The number of hydrogen-bond donors (Lipinski definition) is 1. The van der Waals surface area contributed by atoms with Gasteiger partial charge in [-0.3, -0.25) is 4.79 Å².